The lowest BCUT2D eigenvalue weighted by molar-refractivity contribution is -0.138. The summed E-state index contributed by atoms with van der Waals surface area (Å²) in [4.78, 5) is 29.7. The Kier molecular flexibility index (Phi) is 9.48. The minimum absolute atomic E-state index is 0.0609. The van der Waals surface area contributed by atoms with Gasteiger partial charge in [-0.1, -0.05) is 6.92 Å². The van der Waals surface area contributed by atoms with Crippen molar-refractivity contribution in [1.29, 1.82) is 5.26 Å². The van der Waals surface area contributed by atoms with Crippen LogP contribution in [0, 0.1) is 11.3 Å². The van der Waals surface area contributed by atoms with Gasteiger partial charge < -0.3 is 20.3 Å². The maximum atomic E-state index is 14.2. The molecule has 10 nitrogen and oxygen atoms in total. The molecule has 2 amide bonds. The molecule has 2 N–H and O–H groups in total. The number of hydrogen-bond donors (Lipinski definition) is 1. The number of anilines is 2. The maximum absolute atomic E-state index is 14.2. The van der Waals surface area contributed by atoms with Crippen molar-refractivity contribution in [3.63, 3.8) is 0 Å². The number of carbonyl (C=O) groups is 2. The van der Waals surface area contributed by atoms with Crippen LogP contribution < -0.4 is 10.6 Å². The summed E-state index contributed by atoms with van der Waals surface area (Å²) in [5, 5.41) is 9.29. The van der Waals surface area contributed by atoms with Gasteiger partial charge in [-0.05, 0) is 56.7 Å². The highest BCUT2D eigenvalue weighted by molar-refractivity contribution is 7.91. The third-order valence-electron chi connectivity index (χ3n) is 6.70. The molecule has 2 aromatic carbocycles. The Hall–Kier alpha value is -3.83. The normalized spacial score (nSPS) is 14.8. The van der Waals surface area contributed by atoms with E-state index < -0.39 is 44.7 Å². The largest absolute Gasteiger partial charge is 0.444 e. The van der Waals surface area contributed by atoms with Gasteiger partial charge in [0.05, 0.1) is 39.1 Å². The van der Waals surface area contributed by atoms with Crippen LogP contribution in [-0.4, -0.2) is 74.8 Å². The summed E-state index contributed by atoms with van der Waals surface area (Å²) in [7, 11) is -2.64. The lowest BCUT2D eigenvalue weighted by atomic mass is 9.99. The van der Waals surface area contributed by atoms with Crippen molar-refractivity contribution in [2.75, 3.05) is 49.6 Å². The van der Waals surface area contributed by atoms with Crippen LogP contribution in [0.1, 0.15) is 54.7 Å². The number of nitriles is 1. The molecule has 228 valence electrons. The van der Waals surface area contributed by atoms with Gasteiger partial charge in [-0.15, -0.1) is 0 Å². The minimum atomic E-state index is -4.83. The predicted molar refractivity (Wildman–Crippen MR) is 151 cm³/mol. The molecule has 0 bridgehead atoms. The standard InChI is InChI=1S/C28H34F3N5O5S/c1-6-42(39,40)24-8-7-18(16-32)13-23(24)34(5)25(37)20-15-21(28(29,30)31)19(14-22(20)33)17-35-9-11-36(12-10-35)26(38)41-27(2,3)4/h7-8,13-15H,6,9-12,17,33H2,1-5H3. The zero-order valence-electron chi connectivity index (χ0n) is 24.1. The van der Waals surface area contributed by atoms with Crippen molar-refractivity contribution in [3.05, 3.63) is 52.6 Å². The molecular formula is C28H34F3N5O5S. The maximum Gasteiger partial charge on any atom is 0.416 e. The Morgan fingerprint density at radius 3 is 2.24 bits per heavy atom. The van der Waals surface area contributed by atoms with Crippen LogP contribution in [0.15, 0.2) is 35.2 Å². The van der Waals surface area contributed by atoms with E-state index in [9.17, 15) is 36.4 Å². The van der Waals surface area contributed by atoms with Gasteiger partial charge in [0.1, 0.15) is 5.60 Å². The molecule has 0 unspecified atom stereocenters. The first-order valence-corrected chi connectivity index (χ1v) is 14.8. The fraction of sp³-hybridized carbons (Fsp3) is 0.464. The number of hydrogen-bond acceptors (Lipinski definition) is 8. The summed E-state index contributed by atoms with van der Waals surface area (Å²) in [5.74, 6) is -1.27. The van der Waals surface area contributed by atoms with Crippen LogP contribution in [0.3, 0.4) is 0 Å². The molecule has 1 saturated heterocycles. The minimum Gasteiger partial charge on any atom is -0.444 e. The number of ether oxygens (including phenoxy) is 1. The molecule has 1 heterocycles. The van der Waals surface area contributed by atoms with Gasteiger partial charge in [-0.25, -0.2) is 13.2 Å². The average molecular weight is 610 g/mol. The number of nitrogen functional groups attached to an aromatic ring is 1. The van der Waals surface area contributed by atoms with Crippen LogP contribution in [0.4, 0.5) is 29.3 Å². The van der Waals surface area contributed by atoms with E-state index in [0.717, 1.165) is 11.0 Å². The molecule has 1 aliphatic heterocycles. The van der Waals surface area contributed by atoms with Crippen molar-refractivity contribution >= 4 is 33.2 Å². The molecule has 0 saturated carbocycles. The number of halogens is 3. The second-order valence-corrected chi connectivity index (χ2v) is 13.1. The van der Waals surface area contributed by atoms with Gasteiger partial charge in [0.25, 0.3) is 5.91 Å². The summed E-state index contributed by atoms with van der Waals surface area (Å²) < 4.78 is 73.4. The molecule has 0 aromatic heterocycles. The number of nitrogens with two attached hydrogens (primary N) is 1. The van der Waals surface area contributed by atoms with E-state index in [4.69, 9.17) is 10.5 Å². The van der Waals surface area contributed by atoms with Gasteiger partial charge in [-0.3, -0.25) is 9.69 Å². The topological polar surface area (TPSA) is 137 Å². The monoisotopic (exact) mass is 609 g/mol. The highest BCUT2D eigenvalue weighted by atomic mass is 32.2. The Morgan fingerprint density at radius 2 is 1.71 bits per heavy atom. The van der Waals surface area contributed by atoms with Crippen molar-refractivity contribution in [2.24, 2.45) is 0 Å². The van der Waals surface area contributed by atoms with Crippen molar-refractivity contribution < 1.29 is 35.9 Å². The van der Waals surface area contributed by atoms with Crippen LogP contribution in [0.2, 0.25) is 0 Å². The van der Waals surface area contributed by atoms with E-state index in [1.54, 1.807) is 25.7 Å². The Morgan fingerprint density at radius 1 is 1.10 bits per heavy atom. The molecule has 0 radical (unpaired) electrons. The summed E-state index contributed by atoms with van der Waals surface area (Å²) in [5.41, 5.74) is 3.44. The molecular weight excluding hydrogens is 575 g/mol. The van der Waals surface area contributed by atoms with E-state index in [-0.39, 0.29) is 52.8 Å². The highest BCUT2D eigenvalue weighted by Crippen LogP contribution is 2.37. The number of amides is 2. The quantitative estimate of drug-likeness (QED) is 0.479. The van der Waals surface area contributed by atoms with E-state index in [1.807, 2.05) is 6.07 Å². The van der Waals surface area contributed by atoms with Gasteiger partial charge in [0, 0.05) is 45.5 Å². The first-order chi connectivity index (χ1) is 19.4. The van der Waals surface area contributed by atoms with Gasteiger partial charge in [0.2, 0.25) is 0 Å². The zero-order chi connectivity index (χ0) is 31.6. The smallest absolute Gasteiger partial charge is 0.416 e. The molecule has 1 fully saturated rings. The third-order valence-corrected chi connectivity index (χ3v) is 8.47. The molecule has 3 rings (SSSR count). The van der Waals surface area contributed by atoms with E-state index >= 15 is 0 Å². The zero-order valence-corrected chi connectivity index (χ0v) is 24.9. The first-order valence-electron chi connectivity index (χ1n) is 13.1. The molecule has 2 aromatic rings. The summed E-state index contributed by atoms with van der Waals surface area (Å²) in [6.45, 7) is 7.62. The Balaban J connectivity index is 1.91. The summed E-state index contributed by atoms with van der Waals surface area (Å²) in [6, 6.07) is 7.28. The van der Waals surface area contributed by atoms with Crippen LogP contribution in [0.5, 0.6) is 0 Å². The first kappa shape index (κ1) is 32.7. The van der Waals surface area contributed by atoms with Crippen molar-refractivity contribution in [2.45, 2.75) is 50.9 Å². The molecule has 1 aliphatic rings. The predicted octanol–water partition coefficient (Wildman–Crippen LogP) is 4.28. The highest BCUT2D eigenvalue weighted by Gasteiger charge is 2.36. The van der Waals surface area contributed by atoms with E-state index in [0.29, 0.717) is 19.2 Å². The van der Waals surface area contributed by atoms with Gasteiger partial charge >= 0.3 is 12.3 Å². The number of alkyl halides is 3. The third kappa shape index (κ3) is 7.51. The number of nitrogens with zero attached hydrogens (tertiary/aromatic N) is 4. The van der Waals surface area contributed by atoms with Gasteiger partial charge in [0.15, 0.2) is 9.84 Å². The Bertz CT molecular complexity index is 1510. The van der Waals surface area contributed by atoms with Crippen LogP contribution in [0.25, 0.3) is 0 Å². The van der Waals surface area contributed by atoms with Crippen molar-refractivity contribution in [3.8, 4) is 6.07 Å². The van der Waals surface area contributed by atoms with Crippen LogP contribution >= 0.6 is 0 Å². The average Bonchev–Trinajstić information content (AvgIpc) is 2.90. The molecule has 42 heavy (non-hydrogen) atoms. The SMILES string of the molecule is CCS(=O)(=O)c1ccc(C#N)cc1N(C)C(=O)c1cc(C(F)(F)F)c(CN2CCN(C(=O)OC(C)(C)C)CC2)cc1N. The molecule has 0 aliphatic carbocycles. The van der Waals surface area contributed by atoms with Crippen molar-refractivity contribution in [1.82, 2.24) is 9.80 Å². The number of carbonyl (C=O) groups excluding carboxylic acids is 2. The fourth-order valence-electron chi connectivity index (χ4n) is 4.46. The number of rotatable bonds is 6. The van der Waals surface area contributed by atoms with E-state index in [1.165, 1.54) is 37.1 Å². The molecule has 14 heteroatoms. The van der Waals surface area contributed by atoms with E-state index in [2.05, 4.69) is 0 Å². The number of benzene rings is 2. The molecule has 0 atom stereocenters. The van der Waals surface area contributed by atoms with Gasteiger partial charge in [-0.2, -0.15) is 18.4 Å². The second kappa shape index (κ2) is 12.2. The lowest BCUT2D eigenvalue weighted by Crippen LogP contribution is -2.49. The number of piperazine rings is 1. The molecule has 0 spiro atoms. The van der Waals surface area contributed by atoms with Crippen LogP contribution in [-0.2, 0) is 27.3 Å². The Labute approximate surface area is 243 Å². The second-order valence-electron chi connectivity index (χ2n) is 10.9. The fourth-order valence-corrected chi connectivity index (χ4v) is 5.56. The summed E-state index contributed by atoms with van der Waals surface area (Å²) in [6.07, 6.45) is -5.32. The number of sulfone groups is 1. The lowest BCUT2D eigenvalue weighted by Gasteiger charge is -2.36. The summed E-state index contributed by atoms with van der Waals surface area (Å²) >= 11 is 0.